The lowest BCUT2D eigenvalue weighted by Crippen LogP contribution is -2.07. The predicted molar refractivity (Wildman–Crippen MR) is 117 cm³/mol. The molecule has 0 aliphatic heterocycles. The highest BCUT2D eigenvalue weighted by molar-refractivity contribution is 9.10. The number of nitrogens with zero attached hydrogens (tertiary/aromatic N) is 3. The van der Waals surface area contributed by atoms with Gasteiger partial charge in [0.15, 0.2) is 11.2 Å². The van der Waals surface area contributed by atoms with Gasteiger partial charge < -0.3 is 4.98 Å². The Balaban J connectivity index is 1.85. The maximum Gasteiger partial charge on any atom is 0.210 e. The van der Waals surface area contributed by atoms with Gasteiger partial charge in [-0.05, 0) is 53.2 Å². The molecule has 0 aliphatic rings. The summed E-state index contributed by atoms with van der Waals surface area (Å²) in [6.45, 7) is 2.06. The fourth-order valence-corrected chi connectivity index (χ4v) is 4.44. The Kier molecular flexibility index (Phi) is 4.07. The van der Waals surface area contributed by atoms with E-state index in [1.165, 1.54) is 10.9 Å². The van der Waals surface area contributed by atoms with Crippen molar-refractivity contribution >= 4 is 49.3 Å². The zero-order valence-electron chi connectivity index (χ0n) is 14.7. The molecule has 0 radical (unpaired) electrons. The monoisotopic (exact) mass is 448 g/mol. The van der Waals surface area contributed by atoms with Crippen molar-refractivity contribution in [3.05, 3.63) is 74.4 Å². The minimum atomic E-state index is -0.175. The number of thiophene rings is 1. The van der Waals surface area contributed by atoms with Crippen molar-refractivity contribution in [2.75, 3.05) is 0 Å². The number of aromatic nitrogens is 4. The summed E-state index contributed by atoms with van der Waals surface area (Å²) in [5.74, 6) is 0. The van der Waals surface area contributed by atoms with Crippen LogP contribution in [0.1, 0.15) is 4.88 Å². The number of pyridine rings is 2. The molecule has 0 spiro atoms. The number of hydrogen-bond acceptors (Lipinski definition) is 5. The normalized spacial score (nSPS) is 11.4. The zero-order chi connectivity index (χ0) is 19.3. The van der Waals surface area contributed by atoms with Crippen LogP contribution in [0.4, 0.5) is 0 Å². The van der Waals surface area contributed by atoms with E-state index < -0.39 is 0 Å². The number of aromatic amines is 1. The van der Waals surface area contributed by atoms with E-state index in [0.717, 1.165) is 27.0 Å². The van der Waals surface area contributed by atoms with Crippen LogP contribution in [0.3, 0.4) is 0 Å². The topological polar surface area (TPSA) is 71.5 Å². The molecule has 5 nitrogen and oxygen atoms in total. The van der Waals surface area contributed by atoms with E-state index in [1.807, 2.05) is 36.4 Å². The second-order valence-corrected chi connectivity index (χ2v) is 8.56. The summed E-state index contributed by atoms with van der Waals surface area (Å²) in [4.78, 5) is 31.7. The third kappa shape index (κ3) is 2.93. The van der Waals surface area contributed by atoms with Crippen LogP contribution >= 0.6 is 27.3 Å². The number of benzene rings is 1. The smallest absolute Gasteiger partial charge is 0.210 e. The van der Waals surface area contributed by atoms with Crippen molar-refractivity contribution in [2.45, 2.75) is 6.92 Å². The quantitative estimate of drug-likeness (QED) is 0.370. The average molecular weight is 449 g/mol. The van der Waals surface area contributed by atoms with Gasteiger partial charge in [-0.25, -0.2) is 9.97 Å². The number of hydrogen-bond donors (Lipinski definition) is 1. The molecule has 0 saturated carbocycles. The van der Waals surface area contributed by atoms with Crippen LogP contribution in [-0.2, 0) is 0 Å². The number of halogens is 1. The Morgan fingerprint density at radius 1 is 1.04 bits per heavy atom. The third-order valence-electron chi connectivity index (χ3n) is 4.48. The number of H-pyrrole nitrogens is 1. The van der Waals surface area contributed by atoms with E-state index >= 15 is 0 Å². The van der Waals surface area contributed by atoms with Crippen molar-refractivity contribution in [2.24, 2.45) is 0 Å². The molecule has 0 amide bonds. The molecule has 5 aromatic rings. The van der Waals surface area contributed by atoms with Crippen LogP contribution in [0, 0.1) is 6.92 Å². The summed E-state index contributed by atoms with van der Waals surface area (Å²) < 4.78 is 0.581. The highest BCUT2D eigenvalue weighted by Gasteiger charge is 2.17. The van der Waals surface area contributed by atoms with E-state index in [-0.39, 0.29) is 5.43 Å². The fraction of sp³-hybridized carbons (Fsp3) is 0.0476. The second kappa shape index (κ2) is 6.61. The van der Waals surface area contributed by atoms with Crippen molar-refractivity contribution < 1.29 is 0 Å². The van der Waals surface area contributed by atoms with Crippen molar-refractivity contribution in [3.63, 3.8) is 0 Å². The Bertz CT molecular complexity index is 1420. The van der Waals surface area contributed by atoms with Gasteiger partial charge in [-0.15, -0.1) is 11.3 Å². The lowest BCUT2D eigenvalue weighted by Gasteiger charge is -2.10. The summed E-state index contributed by atoms with van der Waals surface area (Å²) in [6.07, 6.45) is 1.77. The van der Waals surface area contributed by atoms with Gasteiger partial charge >= 0.3 is 0 Å². The maximum atomic E-state index is 12.5. The third-order valence-corrected chi connectivity index (χ3v) is 5.91. The van der Waals surface area contributed by atoms with Crippen molar-refractivity contribution in [1.29, 1.82) is 0 Å². The molecule has 0 saturated heterocycles. The van der Waals surface area contributed by atoms with Gasteiger partial charge in [0.25, 0.3) is 0 Å². The van der Waals surface area contributed by atoms with Crippen LogP contribution in [0.2, 0.25) is 0 Å². The van der Waals surface area contributed by atoms with Crippen LogP contribution < -0.4 is 5.43 Å². The van der Waals surface area contributed by atoms with Gasteiger partial charge in [0.05, 0.1) is 20.7 Å². The Morgan fingerprint density at radius 2 is 1.93 bits per heavy atom. The number of nitrogens with one attached hydrogen (secondary N) is 1. The molecule has 0 unspecified atom stereocenters. The van der Waals surface area contributed by atoms with Crippen molar-refractivity contribution in [3.8, 4) is 21.8 Å². The van der Waals surface area contributed by atoms with Crippen LogP contribution in [0.25, 0.3) is 43.9 Å². The van der Waals surface area contributed by atoms with Gasteiger partial charge in [-0.2, -0.15) is 0 Å². The molecule has 136 valence electrons. The molecular formula is C21H13BrN4OS. The van der Waals surface area contributed by atoms with Gasteiger partial charge in [0, 0.05) is 28.1 Å². The summed E-state index contributed by atoms with van der Waals surface area (Å²) in [6, 6.07) is 15.5. The lowest BCUT2D eigenvalue weighted by atomic mass is 10.1. The molecule has 4 heterocycles. The fourth-order valence-electron chi connectivity index (χ4n) is 3.18. The molecule has 5 rings (SSSR count). The summed E-state index contributed by atoms with van der Waals surface area (Å²) >= 11 is 4.98. The predicted octanol–water partition coefficient (Wildman–Crippen LogP) is 5.33. The first-order chi connectivity index (χ1) is 13.6. The molecule has 28 heavy (non-hydrogen) atoms. The molecule has 1 N–H and O–H groups in total. The first kappa shape index (κ1) is 17.2. The Hall–Kier alpha value is -2.90. The van der Waals surface area contributed by atoms with E-state index in [1.54, 1.807) is 17.5 Å². The highest BCUT2D eigenvalue weighted by Crippen LogP contribution is 2.35. The maximum absolute atomic E-state index is 12.5. The van der Waals surface area contributed by atoms with E-state index in [4.69, 9.17) is 9.97 Å². The zero-order valence-corrected chi connectivity index (χ0v) is 17.1. The molecule has 4 aromatic heterocycles. The standard InChI is InChI=1S/C21H13BrN4OS/c1-11-4-7-16(28-11)20-18(13-5-6-14-12(9-13)3-2-8-23-14)25-19-15(27)10-17(22)24-21(19)26-20/h2-10H,1H3,(H,24,26,27). The van der Waals surface area contributed by atoms with Crippen LogP contribution in [-0.4, -0.2) is 19.9 Å². The first-order valence-electron chi connectivity index (χ1n) is 8.61. The van der Waals surface area contributed by atoms with Gasteiger partial charge in [0.1, 0.15) is 5.69 Å². The van der Waals surface area contributed by atoms with Gasteiger partial charge in [-0.3, -0.25) is 9.78 Å². The molecule has 0 fully saturated rings. The molecule has 1 aromatic carbocycles. The number of rotatable bonds is 2. The summed E-state index contributed by atoms with van der Waals surface area (Å²) in [5.41, 5.74) is 3.86. The van der Waals surface area contributed by atoms with Crippen molar-refractivity contribution in [1.82, 2.24) is 19.9 Å². The molecular weight excluding hydrogens is 436 g/mol. The highest BCUT2D eigenvalue weighted by atomic mass is 79.9. The van der Waals surface area contributed by atoms with Crippen LogP contribution in [0.5, 0.6) is 0 Å². The Labute approximate surface area is 172 Å². The molecule has 7 heteroatoms. The summed E-state index contributed by atoms with van der Waals surface area (Å²) in [7, 11) is 0. The summed E-state index contributed by atoms with van der Waals surface area (Å²) in [5, 5.41) is 1.01. The molecule has 0 aliphatic carbocycles. The van der Waals surface area contributed by atoms with Crippen LogP contribution in [0.15, 0.2) is 64.1 Å². The molecule has 0 bridgehead atoms. The Morgan fingerprint density at radius 3 is 2.75 bits per heavy atom. The van der Waals surface area contributed by atoms with E-state index in [2.05, 4.69) is 38.9 Å². The first-order valence-corrected chi connectivity index (χ1v) is 10.2. The van der Waals surface area contributed by atoms with Gasteiger partial charge in [-0.1, -0.05) is 12.1 Å². The minimum Gasteiger partial charge on any atom is -0.332 e. The number of fused-ring (bicyclic) bond motifs is 2. The average Bonchev–Trinajstić information content (AvgIpc) is 3.13. The van der Waals surface area contributed by atoms with E-state index in [0.29, 0.717) is 21.5 Å². The molecule has 0 atom stereocenters. The number of aryl methyl sites for hydroxylation is 1. The lowest BCUT2D eigenvalue weighted by molar-refractivity contribution is 1.20. The van der Waals surface area contributed by atoms with E-state index in [9.17, 15) is 4.79 Å². The largest absolute Gasteiger partial charge is 0.332 e. The minimum absolute atomic E-state index is 0.175. The SMILES string of the molecule is Cc1ccc(-c2nc3[nH]c(Br)cc(=O)c3nc2-c2ccc3ncccc3c2)s1. The van der Waals surface area contributed by atoms with Gasteiger partial charge in [0.2, 0.25) is 5.43 Å². The second-order valence-electron chi connectivity index (χ2n) is 6.42.